The molecule has 0 bridgehead atoms. The van der Waals surface area contributed by atoms with Gasteiger partial charge < -0.3 is 43.9 Å². The van der Waals surface area contributed by atoms with E-state index in [1.807, 2.05) is 65.8 Å². The monoisotopic (exact) mass is 734 g/mol. The summed E-state index contributed by atoms with van der Waals surface area (Å²) in [5, 5.41) is 32.2. The zero-order valence-electron chi connectivity index (χ0n) is 32.8. The average Bonchev–Trinajstić information content (AvgIpc) is 3.85. The number of ether oxygens (including phenoxy) is 5. The van der Waals surface area contributed by atoms with E-state index >= 15 is 0 Å². The first-order valence-corrected chi connectivity index (χ1v) is 19.1. The van der Waals surface area contributed by atoms with E-state index in [0.717, 1.165) is 17.9 Å². The van der Waals surface area contributed by atoms with E-state index in [0.29, 0.717) is 52.0 Å². The minimum atomic E-state index is -1.15. The van der Waals surface area contributed by atoms with Gasteiger partial charge in [-0.25, -0.2) is 4.79 Å². The van der Waals surface area contributed by atoms with E-state index < -0.39 is 54.0 Å². The molecule has 296 valence electrons. The smallest absolute Gasteiger partial charge is 0.410 e. The normalized spacial score (nSPS) is 32.2. The molecule has 2 saturated heterocycles. The number of aliphatic hydroxyl groups excluding tert-OH is 2. The highest BCUT2D eigenvalue weighted by molar-refractivity contribution is 5.70. The van der Waals surface area contributed by atoms with Crippen LogP contribution in [0.1, 0.15) is 93.9 Å². The van der Waals surface area contributed by atoms with Crippen molar-refractivity contribution < 1.29 is 48.6 Å². The van der Waals surface area contributed by atoms with Gasteiger partial charge in [0, 0.05) is 51.7 Å². The number of hydrogen-bond donors (Lipinski definition) is 3. The highest BCUT2D eigenvalue weighted by atomic mass is 16.7. The molecular weight excluding hydrogens is 668 g/mol. The SMILES string of the molecule is C=CCN1CCN(C(=O)OC2/C=C/C(C)C(C(C)C/C=C/C(C)(O)CC3O/C3=C(\C)C(O)CC)OC(=O)CC(O)CCC2(C)OC(C)OCC)CC1. The third-order valence-electron chi connectivity index (χ3n) is 10.4. The quantitative estimate of drug-likeness (QED) is 0.0874. The van der Waals surface area contributed by atoms with Crippen molar-refractivity contribution in [3.05, 3.63) is 48.3 Å². The van der Waals surface area contributed by atoms with Gasteiger partial charge in [0.15, 0.2) is 18.5 Å². The Morgan fingerprint density at radius 3 is 2.52 bits per heavy atom. The Morgan fingerprint density at radius 2 is 1.88 bits per heavy atom. The van der Waals surface area contributed by atoms with Gasteiger partial charge in [0.25, 0.3) is 0 Å². The minimum Gasteiger partial charge on any atom is -0.483 e. The molecule has 3 aliphatic heterocycles. The lowest BCUT2D eigenvalue weighted by atomic mass is 9.86. The molecular formula is C40H66N2O10. The van der Waals surface area contributed by atoms with Crippen LogP contribution in [-0.4, -0.2) is 125 Å². The third-order valence-corrected chi connectivity index (χ3v) is 10.4. The van der Waals surface area contributed by atoms with Gasteiger partial charge in [-0.05, 0) is 77.9 Å². The third kappa shape index (κ3) is 13.3. The molecule has 12 heteroatoms. The molecule has 3 aliphatic rings. The summed E-state index contributed by atoms with van der Waals surface area (Å²) in [6.07, 6.45) is 6.69. The largest absolute Gasteiger partial charge is 0.483 e. The molecule has 12 nitrogen and oxygen atoms in total. The molecule has 3 heterocycles. The van der Waals surface area contributed by atoms with Crippen LogP contribution in [0.2, 0.25) is 0 Å². The fraction of sp³-hybridized carbons (Fsp3) is 0.750. The van der Waals surface area contributed by atoms with E-state index in [4.69, 9.17) is 23.7 Å². The van der Waals surface area contributed by atoms with Crippen LogP contribution in [0.3, 0.4) is 0 Å². The number of esters is 1. The van der Waals surface area contributed by atoms with Gasteiger partial charge >= 0.3 is 12.1 Å². The second-order valence-corrected chi connectivity index (χ2v) is 15.2. The molecule has 3 rings (SSSR count). The van der Waals surface area contributed by atoms with Crippen LogP contribution >= 0.6 is 0 Å². The van der Waals surface area contributed by atoms with Crippen LogP contribution in [0.25, 0.3) is 0 Å². The first-order valence-electron chi connectivity index (χ1n) is 19.1. The van der Waals surface area contributed by atoms with Crippen LogP contribution in [0, 0.1) is 11.8 Å². The Bertz CT molecular complexity index is 1260. The maximum Gasteiger partial charge on any atom is 0.410 e. The highest BCUT2D eigenvalue weighted by Crippen LogP contribution is 2.38. The number of carbonyl (C=O) groups is 2. The Morgan fingerprint density at radius 1 is 1.19 bits per heavy atom. The fourth-order valence-corrected chi connectivity index (χ4v) is 7.02. The van der Waals surface area contributed by atoms with Crippen molar-refractivity contribution in [1.29, 1.82) is 0 Å². The van der Waals surface area contributed by atoms with Gasteiger partial charge in [0.1, 0.15) is 17.5 Å². The summed E-state index contributed by atoms with van der Waals surface area (Å²) in [4.78, 5) is 30.7. The number of nitrogens with zero attached hydrogens (tertiary/aromatic N) is 2. The van der Waals surface area contributed by atoms with Crippen molar-refractivity contribution >= 4 is 12.1 Å². The number of amides is 1. The number of aliphatic hydroxyl groups is 3. The number of piperazine rings is 1. The molecule has 1 amide bonds. The number of allylic oxidation sites excluding steroid dienone is 1. The van der Waals surface area contributed by atoms with Gasteiger partial charge in [-0.1, -0.05) is 45.1 Å². The van der Waals surface area contributed by atoms with Crippen LogP contribution in [0.15, 0.2) is 48.3 Å². The van der Waals surface area contributed by atoms with Gasteiger partial charge in [0.2, 0.25) is 0 Å². The molecule has 10 unspecified atom stereocenters. The van der Waals surface area contributed by atoms with Crippen molar-refractivity contribution in [2.45, 2.75) is 142 Å². The van der Waals surface area contributed by atoms with E-state index in [1.54, 1.807) is 24.8 Å². The molecule has 0 aromatic carbocycles. The summed E-state index contributed by atoms with van der Waals surface area (Å²) in [5.41, 5.74) is -1.44. The molecule has 0 aromatic rings. The predicted octanol–water partition coefficient (Wildman–Crippen LogP) is 5.27. The predicted molar refractivity (Wildman–Crippen MR) is 199 cm³/mol. The molecule has 3 N–H and O–H groups in total. The van der Waals surface area contributed by atoms with Crippen molar-refractivity contribution in [2.75, 3.05) is 39.3 Å². The van der Waals surface area contributed by atoms with Gasteiger partial charge in [-0.15, -0.1) is 6.58 Å². The number of cyclic esters (lactones) is 1. The number of rotatable bonds is 15. The minimum absolute atomic E-state index is 0.168. The maximum absolute atomic E-state index is 13.6. The second-order valence-electron chi connectivity index (χ2n) is 15.2. The Hall–Kier alpha value is -2.74. The number of epoxide rings is 1. The molecule has 0 aromatic heterocycles. The Balaban J connectivity index is 1.81. The summed E-state index contributed by atoms with van der Waals surface area (Å²) in [5.74, 6) is -0.232. The molecule has 52 heavy (non-hydrogen) atoms. The lowest BCUT2D eigenvalue weighted by Gasteiger charge is -2.40. The standard InChI is InChI=1S/C40H66N2O10/c1-10-20-41-21-23-42(24-22-41)38(46)50-34-16-15-28(5)36(51-35(45)25-31(43)17-19-40(34,9)52-30(7)48-12-3)27(4)14-13-18-39(8,47)26-33-37(49-33)29(6)32(44)11-2/h10,13,15-16,18,27-28,30-34,36,43-44,47H,1,11-12,14,17,19-26H2,2-9H3/b16-15+,18-13+,37-29+. The van der Waals surface area contributed by atoms with Crippen molar-refractivity contribution in [2.24, 2.45) is 11.8 Å². The molecule has 10 atom stereocenters. The van der Waals surface area contributed by atoms with E-state index in [1.165, 1.54) is 0 Å². The summed E-state index contributed by atoms with van der Waals surface area (Å²) in [7, 11) is 0. The maximum atomic E-state index is 13.6. The Labute approximate surface area is 311 Å². The lowest BCUT2D eigenvalue weighted by Crippen LogP contribution is -2.52. The fourth-order valence-electron chi connectivity index (χ4n) is 7.02. The topological polar surface area (TPSA) is 151 Å². The van der Waals surface area contributed by atoms with Gasteiger partial charge in [-0.3, -0.25) is 9.69 Å². The summed E-state index contributed by atoms with van der Waals surface area (Å²) in [6.45, 7) is 22.4. The van der Waals surface area contributed by atoms with Crippen molar-refractivity contribution in [3.63, 3.8) is 0 Å². The van der Waals surface area contributed by atoms with Crippen molar-refractivity contribution in [3.8, 4) is 0 Å². The first-order chi connectivity index (χ1) is 24.5. The summed E-state index contributed by atoms with van der Waals surface area (Å²) < 4.78 is 30.1. The molecule has 0 saturated carbocycles. The van der Waals surface area contributed by atoms with Crippen LogP contribution in [-0.2, 0) is 28.5 Å². The molecule has 0 aliphatic carbocycles. The van der Waals surface area contributed by atoms with E-state index in [-0.39, 0.29) is 37.2 Å². The summed E-state index contributed by atoms with van der Waals surface area (Å²) >= 11 is 0. The number of hydrogen-bond acceptors (Lipinski definition) is 11. The van der Waals surface area contributed by atoms with Crippen LogP contribution in [0.5, 0.6) is 0 Å². The van der Waals surface area contributed by atoms with Gasteiger partial charge in [-0.2, -0.15) is 0 Å². The molecule has 2 fully saturated rings. The molecule has 0 radical (unpaired) electrons. The van der Waals surface area contributed by atoms with Crippen LogP contribution in [0.4, 0.5) is 4.79 Å². The Kier molecular flexibility index (Phi) is 16.9. The second kappa shape index (κ2) is 20.1. The lowest BCUT2D eigenvalue weighted by molar-refractivity contribution is -0.222. The van der Waals surface area contributed by atoms with Gasteiger partial charge in [0.05, 0.1) is 24.2 Å². The summed E-state index contributed by atoms with van der Waals surface area (Å²) in [6, 6.07) is 0. The van der Waals surface area contributed by atoms with Crippen LogP contribution < -0.4 is 0 Å². The first kappa shape index (κ1) is 43.7. The van der Waals surface area contributed by atoms with E-state index in [9.17, 15) is 24.9 Å². The van der Waals surface area contributed by atoms with Crippen molar-refractivity contribution in [1.82, 2.24) is 9.80 Å². The molecule has 0 spiro atoms. The highest BCUT2D eigenvalue weighted by Gasteiger charge is 2.42. The average molecular weight is 735 g/mol. The van der Waals surface area contributed by atoms with E-state index in [2.05, 4.69) is 11.5 Å². The number of carbonyl (C=O) groups excluding carboxylic acids is 2. The zero-order valence-corrected chi connectivity index (χ0v) is 32.8. The zero-order chi connectivity index (χ0) is 38.6.